The Morgan fingerprint density at radius 3 is 1.52 bits per heavy atom. The van der Waals surface area contributed by atoms with Gasteiger partial charge in [0.05, 0.1) is 13.2 Å². The van der Waals surface area contributed by atoms with Gasteiger partial charge in [-0.25, -0.2) is 8.61 Å². The number of hydrogen-bond donors (Lipinski definition) is 0. The highest BCUT2D eigenvalue weighted by atomic mass is 33.1. The van der Waals surface area contributed by atoms with E-state index in [4.69, 9.17) is 4.74 Å². The zero-order valence-electron chi connectivity index (χ0n) is 14.1. The van der Waals surface area contributed by atoms with Crippen molar-refractivity contribution in [1.82, 2.24) is 8.61 Å². The fourth-order valence-electron chi connectivity index (χ4n) is 2.27. The molecular weight excluding hydrogens is 437 g/mol. The molecule has 0 N–H and O–H groups in total. The zero-order chi connectivity index (χ0) is 17.7. The maximum Gasteiger partial charge on any atom is 0.271 e. The second-order valence-electron chi connectivity index (χ2n) is 5.38. The van der Waals surface area contributed by atoms with Crippen LogP contribution in [0.4, 0.5) is 9.59 Å². The van der Waals surface area contributed by atoms with Crippen molar-refractivity contribution in [3.8, 4) is 0 Å². The summed E-state index contributed by atoms with van der Waals surface area (Å²) in [5.74, 6) is 1.61. The molecule has 0 amide bonds. The molecule has 0 spiro atoms. The van der Waals surface area contributed by atoms with Crippen molar-refractivity contribution in [1.29, 1.82) is 0 Å². The standard InChI is InChI=1S/C14H24N2O3S6/c17-13(22-15-5-1-2-6-15)24-20-11-9-19-10-12-21-25-14(18)23-16-7-3-4-8-16/h1-12H2. The Balaban J connectivity index is 1.32. The van der Waals surface area contributed by atoms with Crippen LogP contribution >= 0.6 is 67.1 Å². The Morgan fingerprint density at radius 1 is 0.720 bits per heavy atom. The van der Waals surface area contributed by atoms with Gasteiger partial charge in [0, 0.05) is 61.6 Å². The van der Waals surface area contributed by atoms with Gasteiger partial charge < -0.3 is 4.74 Å². The number of ether oxygens (including phenoxy) is 1. The number of nitrogens with zero attached hydrogens (tertiary/aromatic N) is 2. The predicted octanol–water partition coefficient (Wildman–Crippen LogP) is 5.49. The third-order valence-corrected chi connectivity index (χ3v) is 10.3. The van der Waals surface area contributed by atoms with Crippen molar-refractivity contribution < 1.29 is 14.3 Å². The van der Waals surface area contributed by atoms with E-state index in [1.165, 1.54) is 71.2 Å². The van der Waals surface area contributed by atoms with Gasteiger partial charge in [0.2, 0.25) is 0 Å². The monoisotopic (exact) mass is 460 g/mol. The minimum absolute atomic E-state index is 0.160. The first-order valence-corrected chi connectivity index (χ1v) is 14.5. The average Bonchev–Trinajstić information content (AvgIpc) is 3.27. The van der Waals surface area contributed by atoms with Gasteiger partial charge in [-0.3, -0.25) is 9.59 Å². The molecule has 2 aliphatic rings. The minimum atomic E-state index is 0.160. The number of carbonyl (C=O) groups excluding carboxylic acids is 2. The Morgan fingerprint density at radius 2 is 1.12 bits per heavy atom. The van der Waals surface area contributed by atoms with E-state index in [1.807, 2.05) is 0 Å². The van der Waals surface area contributed by atoms with Gasteiger partial charge in [-0.15, -0.1) is 0 Å². The largest absolute Gasteiger partial charge is 0.380 e. The molecule has 2 heterocycles. The minimum Gasteiger partial charge on any atom is -0.380 e. The van der Waals surface area contributed by atoms with E-state index < -0.39 is 0 Å². The molecule has 0 aromatic heterocycles. The van der Waals surface area contributed by atoms with Crippen molar-refractivity contribution in [2.75, 3.05) is 50.9 Å². The third-order valence-electron chi connectivity index (χ3n) is 3.41. The summed E-state index contributed by atoms with van der Waals surface area (Å²) in [7, 11) is 5.72. The van der Waals surface area contributed by atoms with Gasteiger partial charge in [-0.2, -0.15) is 0 Å². The molecule has 144 valence electrons. The SMILES string of the molecule is O=C(SSCCOCCSSC(=O)SN1CCCC1)SN1CCCC1. The average molecular weight is 461 g/mol. The van der Waals surface area contributed by atoms with Crippen molar-refractivity contribution >= 4 is 76.0 Å². The molecule has 0 atom stereocenters. The van der Waals surface area contributed by atoms with Crippen LogP contribution in [-0.4, -0.2) is 68.4 Å². The normalized spacial score (nSPS) is 18.9. The summed E-state index contributed by atoms with van der Waals surface area (Å²) in [6, 6.07) is 0. The highest BCUT2D eigenvalue weighted by molar-refractivity contribution is 8.86. The van der Waals surface area contributed by atoms with E-state index in [9.17, 15) is 9.59 Å². The van der Waals surface area contributed by atoms with Gasteiger partial charge in [0.1, 0.15) is 0 Å². The second-order valence-corrected chi connectivity index (χ2v) is 12.8. The van der Waals surface area contributed by atoms with Crippen LogP contribution in [-0.2, 0) is 4.74 Å². The topological polar surface area (TPSA) is 49.9 Å². The van der Waals surface area contributed by atoms with Gasteiger partial charge in [-0.05, 0) is 47.3 Å². The van der Waals surface area contributed by atoms with Crippen LogP contribution in [0, 0.1) is 0 Å². The van der Waals surface area contributed by atoms with E-state index >= 15 is 0 Å². The molecule has 2 aliphatic heterocycles. The van der Waals surface area contributed by atoms with E-state index in [0.29, 0.717) is 13.2 Å². The first kappa shape index (κ1) is 22.6. The zero-order valence-corrected chi connectivity index (χ0v) is 19.0. The predicted molar refractivity (Wildman–Crippen MR) is 119 cm³/mol. The molecule has 5 nitrogen and oxygen atoms in total. The van der Waals surface area contributed by atoms with Crippen LogP contribution < -0.4 is 0 Å². The molecular formula is C14H24N2O3S6. The summed E-state index contributed by atoms with van der Waals surface area (Å²) in [5, 5.41) is 0. The van der Waals surface area contributed by atoms with Crippen molar-refractivity contribution in [2.45, 2.75) is 25.7 Å². The molecule has 25 heavy (non-hydrogen) atoms. The summed E-state index contributed by atoms with van der Waals surface area (Å²) in [6.45, 7) is 5.39. The van der Waals surface area contributed by atoms with E-state index in [-0.39, 0.29) is 8.89 Å². The molecule has 2 fully saturated rings. The molecule has 0 aromatic carbocycles. The molecule has 0 unspecified atom stereocenters. The Kier molecular flexibility index (Phi) is 13.0. The Bertz CT molecular complexity index is 370. The van der Waals surface area contributed by atoms with Gasteiger partial charge >= 0.3 is 0 Å². The van der Waals surface area contributed by atoms with Gasteiger partial charge in [-0.1, -0.05) is 21.6 Å². The molecule has 0 radical (unpaired) electrons. The van der Waals surface area contributed by atoms with Crippen molar-refractivity contribution in [3.05, 3.63) is 0 Å². The van der Waals surface area contributed by atoms with Gasteiger partial charge in [0.25, 0.3) is 8.89 Å². The molecule has 0 bridgehead atoms. The van der Waals surface area contributed by atoms with Crippen LogP contribution in [0.5, 0.6) is 0 Å². The first-order valence-electron chi connectivity index (χ1n) is 8.34. The molecule has 0 aliphatic carbocycles. The molecule has 11 heteroatoms. The lowest BCUT2D eigenvalue weighted by molar-refractivity contribution is 0.167. The number of carbonyl (C=O) groups is 2. The lowest BCUT2D eigenvalue weighted by Gasteiger charge is -2.11. The third kappa shape index (κ3) is 11.0. The van der Waals surface area contributed by atoms with Crippen molar-refractivity contribution in [3.63, 3.8) is 0 Å². The fraction of sp³-hybridized carbons (Fsp3) is 0.857. The summed E-state index contributed by atoms with van der Waals surface area (Å²) < 4.78 is 10.1. The Hall–Kier alpha value is 1.32. The smallest absolute Gasteiger partial charge is 0.271 e. The van der Waals surface area contributed by atoms with Crippen LogP contribution in [0.3, 0.4) is 0 Å². The van der Waals surface area contributed by atoms with Crippen LogP contribution in [0.15, 0.2) is 0 Å². The lowest BCUT2D eigenvalue weighted by atomic mass is 10.4. The molecule has 2 saturated heterocycles. The summed E-state index contributed by atoms with van der Waals surface area (Å²) in [6.07, 6.45) is 4.80. The lowest BCUT2D eigenvalue weighted by Crippen LogP contribution is -2.10. The Labute approximate surface area is 174 Å². The molecule has 0 saturated carbocycles. The highest BCUT2D eigenvalue weighted by Gasteiger charge is 2.17. The van der Waals surface area contributed by atoms with Crippen LogP contribution in [0.1, 0.15) is 25.7 Å². The summed E-state index contributed by atoms with van der Waals surface area (Å²) >= 11 is 2.70. The van der Waals surface area contributed by atoms with E-state index in [1.54, 1.807) is 21.6 Å². The van der Waals surface area contributed by atoms with E-state index in [0.717, 1.165) is 37.7 Å². The summed E-state index contributed by atoms with van der Waals surface area (Å²) in [4.78, 5) is 23.5. The molecule has 2 rings (SSSR count). The maximum absolute atomic E-state index is 11.7. The second kappa shape index (κ2) is 14.3. The quantitative estimate of drug-likeness (QED) is 0.236. The highest BCUT2D eigenvalue weighted by Crippen LogP contribution is 2.33. The summed E-state index contributed by atoms with van der Waals surface area (Å²) in [5.41, 5.74) is 0. The van der Waals surface area contributed by atoms with E-state index in [2.05, 4.69) is 8.61 Å². The van der Waals surface area contributed by atoms with Crippen LogP contribution in [0.2, 0.25) is 0 Å². The molecule has 0 aromatic rings. The van der Waals surface area contributed by atoms with Crippen molar-refractivity contribution in [2.24, 2.45) is 0 Å². The fourth-order valence-corrected chi connectivity index (χ4v) is 8.08. The van der Waals surface area contributed by atoms with Gasteiger partial charge in [0.15, 0.2) is 0 Å². The first-order chi connectivity index (χ1) is 12.2. The van der Waals surface area contributed by atoms with Crippen LogP contribution in [0.25, 0.3) is 0 Å². The number of hydrogen-bond acceptors (Lipinski definition) is 11. The number of rotatable bonds is 10. The maximum atomic E-state index is 11.7.